The van der Waals surface area contributed by atoms with E-state index in [4.69, 9.17) is 5.73 Å². The number of aromatic hydroxyl groups is 1. The van der Waals surface area contributed by atoms with Crippen molar-refractivity contribution in [3.8, 4) is 5.75 Å². The fourth-order valence-corrected chi connectivity index (χ4v) is 3.29. The van der Waals surface area contributed by atoms with Crippen molar-refractivity contribution in [3.05, 3.63) is 29.1 Å². The summed E-state index contributed by atoms with van der Waals surface area (Å²) in [4.78, 5) is 25.3. The average molecular weight is 314 g/mol. The number of likely N-dealkylation sites (tertiary alicyclic amines) is 1. The van der Waals surface area contributed by atoms with Gasteiger partial charge in [0.2, 0.25) is 11.7 Å². The molecule has 1 aliphatic heterocycles. The van der Waals surface area contributed by atoms with Crippen LogP contribution in [-0.4, -0.2) is 33.9 Å². The minimum Gasteiger partial charge on any atom is -0.503 e. The van der Waals surface area contributed by atoms with Crippen LogP contribution < -0.4 is 5.73 Å². The molecule has 1 saturated carbocycles. The molecule has 0 aromatic heterocycles. The summed E-state index contributed by atoms with van der Waals surface area (Å²) in [6.07, 6.45) is 1.70. The van der Waals surface area contributed by atoms with Crippen molar-refractivity contribution in [2.75, 3.05) is 6.54 Å². The van der Waals surface area contributed by atoms with Gasteiger partial charge in [-0.15, -0.1) is 0 Å². The van der Waals surface area contributed by atoms with E-state index >= 15 is 0 Å². The maximum atomic E-state index is 13.9. The summed E-state index contributed by atoms with van der Waals surface area (Å²) in [5.74, 6) is -8.18. The van der Waals surface area contributed by atoms with E-state index in [9.17, 15) is 27.9 Å². The first kappa shape index (κ1) is 14.7. The zero-order valence-electron chi connectivity index (χ0n) is 11.4. The maximum Gasteiger partial charge on any atom is 0.257 e. The number of halogens is 3. The Hall–Kier alpha value is -2.25. The van der Waals surface area contributed by atoms with Crippen molar-refractivity contribution in [1.82, 2.24) is 4.90 Å². The number of carbonyl (C=O) groups excluding carboxylic acids is 2. The van der Waals surface area contributed by atoms with Gasteiger partial charge < -0.3 is 15.7 Å². The van der Waals surface area contributed by atoms with Gasteiger partial charge in [0, 0.05) is 6.54 Å². The van der Waals surface area contributed by atoms with E-state index in [1.807, 2.05) is 0 Å². The quantitative estimate of drug-likeness (QED) is 0.807. The van der Waals surface area contributed by atoms with Crippen LogP contribution in [0.3, 0.4) is 0 Å². The van der Waals surface area contributed by atoms with Gasteiger partial charge in [-0.25, -0.2) is 8.78 Å². The van der Waals surface area contributed by atoms with Crippen LogP contribution in [0.25, 0.3) is 0 Å². The molecule has 118 valence electrons. The zero-order valence-corrected chi connectivity index (χ0v) is 11.4. The van der Waals surface area contributed by atoms with Crippen LogP contribution in [0.15, 0.2) is 6.07 Å². The SMILES string of the molecule is NC(=O)[C@]12C[C@H]1CCCN2C(=O)c1cc(F)c(F)c(O)c1F. The molecule has 0 unspecified atom stereocenters. The highest BCUT2D eigenvalue weighted by Gasteiger charge is 2.65. The molecule has 1 heterocycles. The fourth-order valence-electron chi connectivity index (χ4n) is 3.29. The second-order valence-corrected chi connectivity index (χ2v) is 5.67. The van der Waals surface area contributed by atoms with Crippen LogP contribution in [0.1, 0.15) is 29.6 Å². The topological polar surface area (TPSA) is 83.6 Å². The lowest BCUT2D eigenvalue weighted by Gasteiger charge is -2.34. The number of nitrogens with two attached hydrogens (primary N) is 1. The Labute approximate surface area is 123 Å². The lowest BCUT2D eigenvalue weighted by atomic mass is 9.99. The summed E-state index contributed by atoms with van der Waals surface area (Å²) >= 11 is 0. The number of phenols is 1. The van der Waals surface area contributed by atoms with Gasteiger partial charge in [0.25, 0.3) is 5.91 Å². The lowest BCUT2D eigenvalue weighted by molar-refractivity contribution is -0.125. The Bertz CT molecular complexity index is 694. The number of rotatable bonds is 2. The summed E-state index contributed by atoms with van der Waals surface area (Å²) < 4.78 is 40.3. The summed E-state index contributed by atoms with van der Waals surface area (Å²) in [7, 11) is 0. The molecule has 1 saturated heterocycles. The molecule has 3 N–H and O–H groups in total. The van der Waals surface area contributed by atoms with E-state index in [1.165, 1.54) is 0 Å². The largest absolute Gasteiger partial charge is 0.503 e. The third kappa shape index (κ3) is 1.79. The molecule has 5 nitrogen and oxygen atoms in total. The van der Waals surface area contributed by atoms with Gasteiger partial charge >= 0.3 is 0 Å². The third-order valence-corrected chi connectivity index (χ3v) is 4.52. The second-order valence-electron chi connectivity index (χ2n) is 5.67. The molecule has 8 heteroatoms. The Morgan fingerprint density at radius 3 is 2.64 bits per heavy atom. The first-order valence-corrected chi connectivity index (χ1v) is 6.79. The number of hydrogen-bond donors (Lipinski definition) is 2. The standard InChI is InChI=1S/C14H13F3N2O3/c15-8-4-7(9(16)11(20)10(8)17)12(21)19-3-1-2-6-5-14(6,19)13(18)22/h4,6,20H,1-3,5H2,(H2,18,22)/t6-,14+/m1/s1. The van der Waals surface area contributed by atoms with Crippen LogP contribution in [0.2, 0.25) is 0 Å². The monoisotopic (exact) mass is 314 g/mol. The van der Waals surface area contributed by atoms with Crippen LogP contribution in [0, 0.1) is 23.4 Å². The van der Waals surface area contributed by atoms with Gasteiger partial charge in [0.05, 0.1) is 5.56 Å². The van der Waals surface area contributed by atoms with Crippen molar-refractivity contribution in [2.24, 2.45) is 11.7 Å². The number of amides is 2. The molecule has 0 radical (unpaired) electrons. The molecule has 2 aliphatic rings. The van der Waals surface area contributed by atoms with Crippen molar-refractivity contribution >= 4 is 11.8 Å². The molecular formula is C14H13F3N2O3. The summed E-state index contributed by atoms with van der Waals surface area (Å²) in [6, 6.07) is 0.382. The number of nitrogens with zero attached hydrogens (tertiary/aromatic N) is 1. The molecule has 2 atom stereocenters. The van der Waals surface area contributed by atoms with Crippen molar-refractivity contribution in [2.45, 2.75) is 24.8 Å². The fraction of sp³-hybridized carbons (Fsp3) is 0.429. The van der Waals surface area contributed by atoms with Gasteiger partial charge in [0.15, 0.2) is 17.4 Å². The smallest absolute Gasteiger partial charge is 0.257 e. The van der Waals surface area contributed by atoms with E-state index in [-0.39, 0.29) is 12.5 Å². The molecule has 2 fully saturated rings. The lowest BCUT2D eigenvalue weighted by Crippen LogP contribution is -2.54. The number of carbonyl (C=O) groups is 2. The first-order chi connectivity index (χ1) is 10.3. The molecule has 2 amide bonds. The average Bonchev–Trinajstić information content (AvgIpc) is 3.24. The molecular weight excluding hydrogens is 301 g/mol. The number of benzene rings is 1. The predicted octanol–water partition coefficient (Wildman–Crippen LogP) is 1.29. The van der Waals surface area contributed by atoms with Gasteiger partial charge in [-0.1, -0.05) is 0 Å². The number of primary amides is 1. The summed E-state index contributed by atoms with van der Waals surface area (Å²) in [5, 5.41) is 9.21. The zero-order chi connectivity index (χ0) is 16.2. The Balaban J connectivity index is 2.03. The third-order valence-electron chi connectivity index (χ3n) is 4.52. The molecule has 1 aliphatic carbocycles. The minimum absolute atomic E-state index is 0.0929. The minimum atomic E-state index is -1.76. The van der Waals surface area contributed by atoms with Gasteiger partial charge in [-0.05, 0) is 31.2 Å². The highest BCUT2D eigenvalue weighted by atomic mass is 19.2. The van der Waals surface area contributed by atoms with Gasteiger partial charge in [0.1, 0.15) is 5.54 Å². The number of hydrogen-bond acceptors (Lipinski definition) is 3. The number of fused-ring (bicyclic) bond motifs is 1. The van der Waals surface area contributed by atoms with E-state index < -0.39 is 46.1 Å². The Morgan fingerprint density at radius 2 is 2.00 bits per heavy atom. The molecule has 1 aromatic carbocycles. The first-order valence-electron chi connectivity index (χ1n) is 6.79. The van der Waals surface area contributed by atoms with E-state index in [0.717, 1.165) is 11.3 Å². The van der Waals surface area contributed by atoms with Crippen molar-refractivity contribution < 1.29 is 27.9 Å². The predicted molar refractivity (Wildman–Crippen MR) is 68.3 cm³/mol. The highest BCUT2D eigenvalue weighted by Crippen LogP contribution is 2.54. The molecule has 0 bridgehead atoms. The second kappa shape index (κ2) is 4.62. The van der Waals surface area contributed by atoms with E-state index in [0.29, 0.717) is 18.9 Å². The Kier molecular flexibility index (Phi) is 3.08. The molecule has 3 rings (SSSR count). The number of phenolic OH excluding ortho intramolecular Hbond substituents is 1. The van der Waals surface area contributed by atoms with Crippen molar-refractivity contribution in [1.29, 1.82) is 0 Å². The maximum absolute atomic E-state index is 13.9. The van der Waals surface area contributed by atoms with E-state index in [1.54, 1.807) is 0 Å². The van der Waals surface area contributed by atoms with E-state index in [2.05, 4.69) is 0 Å². The summed E-state index contributed by atoms with van der Waals surface area (Å²) in [5.41, 5.74) is 3.37. The normalized spacial score (nSPS) is 26.5. The van der Waals surface area contributed by atoms with Crippen LogP contribution >= 0.6 is 0 Å². The van der Waals surface area contributed by atoms with Crippen LogP contribution in [-0.2, 0) is 4.79 Å². The molecule has 1 aromatic rings. The number of piperidine rings is 1. The van der Waals surface area contributed by atoms with Crippen LogP contribution in [0.4, 0.5) is 13.2 Å². The summed E-state index contributed by atoms with van der Waals surface area (Å²) in [6.45, 7) is 0.164. The molecule has 22 heavy (non-hydrogen) atoms. The highest BCUT2D eigenvalue weighted by molar-refractivity contribution is 6.01. The van der Waals surface area contributed by atoms with Gasteiger partial charge in [-0.3, -0.25) is 9.59 Å². The van der Waals surface area contributed by atoms with Crippen molar-refractivity contribution in [3.63, 3.8) is 0 Å². The van der Waals surface area contributed by atoms with Gasteiger partial charge in [-0.2, -0.15) is 4.39 Å². The molecule has 0 spiro atoms. The Morgan fingerprint density at radius 1 is 1.32 bits per heavy atom. The van der Waals surface area contributed by atoms with Crippen LogP contribution in [0.5, 0.6) is 5.75 Å².